The van der Waals surface area contributed by atoms with Gasteiger partial charge in [-0.2, -0.15) is 0 Å². The van der Waals surface area contributed by atoms with E-state index in [1.165, 1.54) is 6.07 Å². The molecular formula is C17H16F2O3. The van der Waals surface area contributed by atoms with E-state index in [-0.39, 0.29) is 6.61 Å². The van der Waals surface area contributed by atoms with Gasteiger partial charge in [0.2, 0.25) is 0 Å². The van der Waals surface area contributed by atoms with Crippen LogP contribution in [0.5, 0.6) is 5.75 Å². The van der Waals surface area contributed by atoms with Crippen molar-refractivity contribution in [3.05, 3.63) is 65.2 Å². The highest BCUT2D eigenvalue weighted by Crippen LogP contribution is 2.20. The van der Waals surface area contributed by atoms with Crippen molar-refractivity contribution in [3.63, 3.8) is 0 Å². The van der Waals surface area contributed by atoms with Gasteiger partial charge < -0.3 is 9.47 Å². The maximum absolute atomic E-state index is 13.2. The summed E-state index contributed by atoms with van der Waals surface area (Å²) >= 11 is 0. The van der Waals surface area contributed by atoms with Gasteiger partial charge in [0.05, 0.1) is 13.0 Å². The Labute approximate surface area is 127 Å². The second kappa shape index (κ2) is 7.02. The summed E-state index contributed by atoms with van der Waals surface area (Å²) in [7, 11) is 1.57. The van der Waals surface area contributed by atoms with Crippen LogP contribution in [-0.4, -0.2) is 13.1 Å². The van der Waals surface area contributed by atoms with Crippen molar-refractivity contribution in [2.75, 3.05) is 7.11 Å². The first-order valence-corrected chi connectivity index (χ1v) is 6.75. The van der Waals surface area contributed by atoms with E-state index in [0.29, 0.717) is 11.3 Å². The zero-order valence-corrected chi connectivity index (χ0v) is 12.3. The van der Waals surface area contributed by atoms with Crippen molar-refractivity contribution in [3.8, 4) is 5.75 Å². The molecule has 0 aliphatic carbocycles. The van der Waals surface area contributed by atoms with Crippen molar-refractivity contribution in [1.29, 1.82) is 0 Å². The Hall–Kier alpha value is -2.43. The molecule has 0 amide bonds. The molecule has 2 aromatic rings. The second-order valence-corrected chi connectivity index (χ2v) is 4.85. The number of benzene rings is 2. The molecule has 5 heteroatoms. The van der Waals surface area contributed by atoms with E-state index in [1.54, 1.807) is 38.3 Å². The number of carbonyl (C=O) groups excluding carboxylic acids is 1. The molecular weight excluding hydrogens is 290 g/mol. The molecule has 0 saturated heterocycles. The first-order chi connectivity index (χ1) is 10.5. The van der Waals surface area contributed by atoms with Gasteiger partial charge in [0.25, 0.3) is 0 Å². The lowest BCUT2D eigenvalue weighted by molar-refractivity contribution is -0.146. The molecule has 0 heterocycles. The Bertz CT molecular complexity index is 653. The van der Waals surface area contributed by atoms with Crippen LogP contribution in [-0.2, 0) is 16.1 Å². The van der Waals surface area contributed by atoms with Gasteiger partial charge in [0.15, 0.2) is 11.6 Å². The van der Waals surface area contributed by atoms with Crippen molar-refractivity contribution in [2.24, 2.45) is 0 Å². The Morgan fingerprint density at radius 2 is 1.77 bits per heavy atom. The number of carbonyl (C=O) groups is 1. The highest BCUT2D eigenvalue weighted by atomic mass is 19.2. The summed E-state index contributed by atoms with van der Waals surface area (Å²) in [6.07, 6.45) is 0. The molecule has 2 rings (SSSR count). The molecule has 0 saturated carbocycles. The molecule has 0 radical (unpaired) electrons. The highest BCUT2D eigenvalue weighted by molar-refractivity contribution is 5.77. The first-order valence-electron chi connectivity index (χ1n) is 6.75. The van der Waals surface area contributed by atoms with Crippen molar-refractivity contribution < 1.29 is 23.0 Å². The minimum absolute atomic E-state index is 0.108. The van der Waals surface area contributed by atoms with E-state index in [4.69, 9.17) is 9.47 Å². The van der Waals surface area contributed by atoms with Gasteiger partial charge in [0, 0.05) is 0 Å². The molecule has 0 aliphatic heterocycles. The minimum atomic E-state index is -0.979. The number of rotatable bonds is 5. The summed E-state index contributed by atoms with van der Waals surface area (Å²) in [5.41, 5.74) is 1.19. The zero-order chi connectivity index (χ0) is 16.1. The topological polar surface area (TPSA) is 35.5 Å². The Kier molecular flexibility index (Phi) is 5.09. The Balaban J connectivity index is 1.97. The van der Waals surface area contributed by atoms with E-state index < -0.39 is 23.5 Å². The summed E-state index contributed by atoms with van der Waals surface area (Å²) < 4.78 is 36.3. The smallest absolute Gasteiger partial charge is 0.313 e. The van der Waals surface area contributed by atoms with Crippen LogP contribution in [0.3, 0.4) is 0 Å². The number of hydrogen-bond acceptors (Lipinski definition) is 3. The predicted molar refractivity (Wildman–Crippen MR) is 77.6 cm³/mol. The maximum atomic E-state index is 13.2. The van der Waals surface area contributed by atoms with Crippen LogP contribution in [0.15, 0.2) is 42.5 Å². The average Bonchev–Trinajstić information content (AvgIpc) is 2.55. The summed E-state index contributed by atoms with van der Waals surface area (Å²) in [4.78, 5) is 12.0. The standard InChI is InChI=1S/C17H16F2O3/c1-11(13-5-8-15(18)16(19)9-13)17(20)22-10-12-3-6-14(21-2)7-4-12/h3-9,11H,10H2,1-2H3/t11-/m0/s1. The molecule has 116 valence electrons. The third kappa shape index (κ3) is 3.81. The Morgan fingerprint density at radius 1 is 1.09 bits per heavy atom. The number of methoxy groups -OCH3 is 1. The van der Waals surface area contributed by atoms with E-state index in [2.05, 4.69) is 0 Å². The van der Waals surface area contributed by atoms with Gasteiger partial charge in [0.1, 0.15) is 12.4 Å². The molecule has 0 aromatic heterocycles. The molecule has 22 heavy (non-hydrogen) atoms. The molecule has 0 bridgehead atoms. The molecule has 0 N–H and O–H groups in total. The SMILES string of the molecule is COc1ccc(COC(=O)[C@@H](C)c2ccc(F)c(F)c2)cc1. The molecule has 1 atom stereocenters. The normalized spacial score (nSPS) is 11.8. The summed E-state index contributed by atoms with van der Waals surface area (Å²) in [5, 5.41) is 0. The first kappa shape index (κ1) is 15.9. The monoisotopic (exact) mass is 306 g/mol. The molecule has 0 unspecified atom stereocenters. The largest absolute Gasteiger partial charge is 0.497 e. The predicted octanol–water partition coefficient (Wildman–Crippen LogP) is 3.82. The Morgan fingerprint density at radius 3 is 2.36 bits per heavy atom. The van der Waals surface area contributed by atoms with E-state index in [9.17, 15) is 13.6 Å². The minimum Gasteiger partial charge on any atom is -0.497 e. The van der Waals surface area contributed by atoms with Gasteiger partial charge >= 0.3 is 5.97 Å². The van der Waals surface area contributed by atoms with E-state index >= 15 is 0 Å². The average molecular weight is 306 g/mol. The van der Waals surface area contributed by atoms with Gasteiger partial charge in [-0.25, -0.2) is 8.78 Å². The lowest BCUT2D eigenvalue weighted by Gasteiger charge is -2.12. The lowest BCUT2D eigenvalue weighted by Crippen LogP contribution is -2.13. The summed E-state index contributed by atoms with van der Waals surface area (Å²) in [6, 6.07) is 10.5. The fourth-order valence-electron chi connectivity index (χ4n) is 1.92. The lowest BCUT2D eigenvalue weighted by atomic mass is 10.0. The van der Waals surface area contributed by atoms with Gasteiger partial charge in [-0.15, -0.1) is 0 Å². The van der Waals surface area contributed by atoms with Gasteiger partial charge in [-0.3, -0.25) is 4.79 Å². The van der Waals surface area contributed by atoms with Gasteiger partial charge in [-0.1, -0.05) is 18.2 Å². The number of hydrogen-bond donors (Lipinski definition) is 0. The summed E-state index contributed by atoms with van der Waals surface area (Å²) in [5.74, 6) is -2.38. The van der Waals surface area contributed by atoms with Crippen LogP contribution in [0, 0.1) is 11.6 Å². The van der Waals surface area contributed by atoms with Crippen LogP contribution in [0.25, 0.3) is 0 Å². The number of esters is 1. The van der Waals surface area contributed by atoms with Crippen LogP contribution < -0.4 is 4.74 Å². The molecule has 2 aromatic carbocycles. The van der Waals surface area contributed by atoms with Crippen molar-refractivity contribution in [2.45, 2.75) is 19.4 Å². The van der Waals surface area contributed by atoms with Crippen LogP contribution in [0.2, 0.25) is 0 Å². The number of ether oxygens (including phenoxy) is 2. The third-order valence-corrected chi connectivity index (χ3v) is 3.34. The zero-order valence-electron chi connectivity index (χ0n) is 12.3. The molecule has 0 aliphatic rings. The summed E-state index contributed by atoms with van der Waals surface area (Å²) in [6.45, 7) is 1.69. The molecule has 3 nitrogen and oxygen atoms in total. The number of halogens is 2. The van der Waals surface area contributed by atoms with Gasteiger partial charge in [-0.05, 0) is 42.3 Å². The quantitative estimate of drug-likeness (QED) is 0.788. The van der Waals surface area contributed by atoms with Crippen LogP contribution in [0.4, 0.5) is 8.78 Å². The van der Waals surface area contributed by atoms with Crippen molar-refractivity contribution in [1.82, 2.24) is 0 Å². The van der Waals surface area contributed by atoms with E-state index in [0.717, 1.165) is 17.7 Å². The molecule has 0 fully saturated rings. The fraction of sp³-hybridized carbons (Fsp3) is 0.235. The van der Waals surface area contributed by atoms with Crippen LogP contribution >= 0.6 is 0 Å². The van der Waals surface area contributed by atoms with Crippen LogP contribution in [0.1, 0.15) is 24.0 Å². The maximum Gasteiger partial charge on any atom is 0.313 e. The van der Waals surface area contributed by atoms with Crippen molar-refractivity contribution >= 4 is 5.97 Å². The molecule has 0 spiro atoms. The van der Waals surface area contributed by atoms with E-state index in [1.807, 2.05) is 0 Å². The second-order valence-electron chi connectivity index (χ2n) is 4.85. The third-order valence-electron chi connectivity index (χ3n) is 3.34. The fourth-order valence-corrected chi connectivity index (χ4v) is 1.92. The highest BCUT2D eigenvalue weighted by Gasteiger charge is 2.18.